The van der Waals surface area contributed by atoms with Gasteiger partial charge in [-0.1, -0.05) is 6.42 Å². The van der Waals surface area contributed by atoms with Crippen molar-refractivity contribution in [2.24, 2.45) is 5.92 Å². The van der Waals surface area contributed by atoms with Gasteiger partial charge < -0.3 is 0 Å². The molecule has 1 rings (SSSR count). The van der Waals surface area contributed by atoms with E-state index in [4.69, 9.17) is 5.26 Å². The minimum absolute atomic E-state index is 0.592. The fourth-order valence-electron chi connectivity index (χ4n) is 1.76. The van der Waals surface area contributed by atoms with Gasteiger partial charge in [0.15, 0.2) is 0 Å². The highest BCUT2D eigenvalue weighted by Crippen LogP contribution is 2.27. The van der Waals surface area contributed by atoms with Crippen LogP contribution in [0, 0.1) is 17.2 Å². The van der Waals surface area contributed by atoms with Crippen molar-refractivity contribution in [3.05, 3.63) is 0 Å². The summed E-state index contributed by atoms with van der Waals surface area (Å²) in [6, 6.07) is 2.81. The van der Waals surface area contributed by atoms with Crippen molar-refractivity contribution in [2.45, 2.75) is 45.6 Å². The fraction of sp³-hybridized carbons (Fsp3) is 0.909. The van der Waals surface area contributed by atoms with Crippen molar-refractivity contribution in [2.75, 3.05) is 13.1 Å². The van der Waals surface area contributed by atoms with Gasteiger partial charge in [-0.25, -0.2) is 0 Å². The predicted molar refractivity (Wildman–Crippen MR) is 54.3 cm³/mol. The lowest BCUT2D eigenvalue weighted by Crippen LogP contribution is -2.37. The zero-order valence-electron chi connectivity index (χ0n) is 8.79. The van der Waals surface area contributed by atoms with Gasteiger partial charge in [-0.15, -0.1) is 0 Å². The van der Waals surface area contributed by atoms with Gasteiger partial charge in [0.05, 0.1) is 6.07 Å². The van der Waals surface area contributed by atoms with Gasteiger partial charge in [0.2, 0.25) is 0 Å². The standard InChI is InChI=1S/C11H20N2/c1-10(2)13(8-4-7-12)9-11-5-3-6-11/h10-11H,3-6,8-9H2,1-2H3. The van der Waals surface area contributed by atoms with Crippen LogP contribution < -0.4 is 0 Å². The highest BCUT2D eigenvalue weighted by atomic mass is 15.1. The van der Waals surface area contributed by atoms with Crippen LogP contribution in [-0.2, 0) is 0 Å². The second-order valence-electron chi connectivity index (χ2n) is 4.29. The lowest BCUT2D eigenvalue weighted by molar-refractivity contribution is 0.150. The molecule has 0 amide bonds. The highest BCUT2D eigenvalue weighted by Gasteiger charge is 2.21. The molecule has 0 atom stereocenters. The largest absolute Gasteiger partial charge is 0.300 e. The first-order valence-electron chi connectivity index (χ1n) is 5.35. The summed E-state index contributed by atoms with van der Waals surface area (Å²) in [7, 11) is 0. The Morgan fingerprint density at radius 3 is 2.54 bits per heavy atom. The van der Waals surface area contributed by atoms with Crippen LogP contribution in [0.25, 0.3) is 0 Å². The lowest BCUT2D eigenvalue weighted by Gasteiger charge is -2.34. The third kappa shape index (κ3) is 3.36. The Kier molecular flexibility index (Phi) is 4.24. The topological polar surface area (TPSA) is 27.0 Å². The van der Waals surface area contributed by atoms with E-state index < -0.39 is 0 Å². The van der Waals surface area contributed by atoms with Gasteiger partial charge in [0.25, 0.3) is 0 Å². The first kappa shape index (κ1) is 10.5. The molecule has 1 fully saturated rings. The van der Waals surface area contributed by atoms with E-state index in [0.29, 0.717) is 12.5 Å². The van der Waals surface area contributed by atoms with E-state index in [1.807, 2.05) is 0 Å². The molecular weight excluding hydrogens is 160 g/mol. The summed E-state index contributed by atoms with van der Waals surface area (Å²) in [5, 5.41) is 8.53. The van der Waals surface area contributed by atoms with Gasteiger partial charge in [-0.2, -0.15) is 5.26 Å². The Labute approximate surface area is 81.5 Å². The molecule has 2 heteroatoms. The number of hydrogen-bond donors (Lipinski definition) is 0. The first-order valence-corrected chi connectivity index (χ1v) is 5.35. The Balaban J connectivity index is 2.24. The van der Waals surface area contributed by atoms with Gasteiger partial charge >= 0.3 is 0 Å². The van der Waals surface area contributed by atoms with Crippen LogP contribution in [0.5, 0.6) is 0 Å². The Bertz CT molecular complexity index is 177. The molecule has 74 valence electrons. The molecule has 0 aromatic heterocycles. The summed E-state index contributed by atoms with van der Waals surface area (Å²) in [6.07, 6.45) is 4.88. The van der Waals surface area contributed by atoms with E-state index in [2.05, 4.69) is 24.8 Å². The molecule has 0 saturated heterocycles. The number of hydrogen-bond acceptors (Lipinski definition) is 2. The van der Waals surface area contributed by atoms with Gasteiger partial charge in [-0.3, -0.25) is 4.90 Å². The van der Waals surface area contributed by atoms with E-state index in [1.54, 1.807) is 0 Å². The average Bonchev–Trinajstić information content (AvgIpc) is 2.01. The van der Waals surface area contributed by atoms with Crippen molar-refractivity contribution < 1.29 is 0 Å². The number of rotatable bonds is 5. The van der Waals surface area contributed by atoms with Gasteiger partial charge in [0, 0.05) is 25.6 Å². The first-order chi connectivity index (χ1) is 6.24. The highest BCUT2D eigenvalue weighted by molar-refractivity contribution is 4.78. The zero-order valence-corrected chi connectivity index (χ0v) is 8.79. The molecule has 0 N–H and O–H groups in total. The van der Waals surface area contributed by atoms with Crippen LogP contribution in [-0.4, -0.2) is 24.0 Å². The van der Waals surface area contributed by atoms with Crippen LogP contribution in [0.4, 0.5) is 0 Å². The third-order valence-corrected chi connectivity index (χ3v) is 2.96. The van der Waals surface area contributed by atoms with Crippen molar-refractivity contribution in [1.82, 2.24) is 4.90 Å². The Morgan fingerprint density at radius 1 is 1.46 bits per heavy atom. The molecule has 1 saturated carbocycles. The third-order valence-electron chi connectivity index (χ3n) is 2.96. The van der Waals surface area contributed by atoms with E-state index in [-0.39, 0.29) is 0 Å². The van der Waals surface area contributed by atoms with Gasteiger partial charge in [0.1, 0.15) is 0 Å². The van der Waals surface area contributed by atoms with Crippen molar-refractivity contribution >= 4 is 0 Å². The maximum Gasteiger partial charge on any atom is 0.0635 e. The summed E-state index contributed by atoms with van der Waals surface area (Å²) in [5.41, 5.74) is 0. The van der Waals surface area contributed by atoms with Crippen molar-refractivity contribution in [3.8, 4) is 6.07 Å². The van der Waals surface area contributed by atoms with Gasteiger partial charge in [-0.05, 0) is 32.6 Å². The van der Waals surface area contributed by atoms with Crippen LogP contribution in [0.15, 0.2) is 0 Å². The van der Waals surface area contributed by atoms with Crippen LogP contribution in [0.2, 0.25) is 0 Å². The molecule has 0 aliphatic heterocycles. The predicted octanol–water partition coefficient (Wildman–Crippen LogP) is 2.41. The summed E-state index contributed by atoms with van der Waals surface area (Å²) >= 11 is 0. The van der Waals surface area contributed by atoms with Crippen LogP contribution in [0.3, 0.4) is 0 Å². The summed E-state index contributed by atoms with van der Waals surface area (Å²) < 4.78 is 0. The minimum atomic E-state index is 0.592. The van der Waals surface area contributed by atoms with E-state index in [0.717, 1.165) is 12.5 Å². The molecule has 0 heterocycles. The van der Waals surface area contributed by atoms with Crippen molar-refractivity contribution in [3.63, 3.8) is 0 Å². The molecular formula is C11H20N2. The molecule has 1 aliphatic rings. The normalized spacial score (nSPS) is 17.5. The van der Waals surface area contributed by atoms with Crippen LogP contribution in [0.1, 0.15) is 39.5 Å². The number of nitriles is 1. The molecule has 0 aromatic carbocycles. The molecule has 0 aromatic rings. The monoisotopic (exact) mass is 180 g/mol. The number of nitrogens with zero attached hydrogens (tertiary/aromatic N) is 2. The lowest BCUT2D eigenvalue weighted by atomic mass is 9.85. The molecule has 0 bridgehead atoms. The molecule has 2 nitrogen and oxygen atoms in total. The second kappa shape index (κ2) is 5.24. The maximum absolute atomic E-state index is 8.53. The van der Waals surface area contributed by atoms with Crippen LogP contribution >= 0.6 is 0 Å². The molecule has 1 aliphatic carbocycles. The smallest absolute Gasteiger partial charge is 0.0635 e. The zero-order chi connectivity index (χ0) is 9.68. The second-order valence-corrected chi connectivity index (χ2v) is 4.29. The molecule has 0 unspecified atom stereocenters. The summed E-state index contributed by atoms with van der Waals surface area (Å²) in [4.78, 5) is 2.44. The maximum atomic E-state index is 8.53. The Hall–Kier alpha value is -0.550. The average molecular weight is 180 g/mol. The summed E-state index contributed by atoms with van der Waals surface area (Å²) in [5.74, 6) is 0.918. The SMILES string of the molecule is CC(C)N(CCC#N)CC1CCC1. The Morgan fingerprint density at radius 2 is 2.15 bits per heavy atom. The summed E-state index contributed by atoms with van der Waals surface area (Å²) in [6.45, 7) is 6.59. The fourth-order valence-corrected chi connectivity index (χ4v) is 1.76. The molecule has 0 radical (unpaired) electrons. The molecule has 13 heavy (non-hydrogen) atoms. The quantitative estimate of drug-likeness (QED) is 0.649. The van der Waals surface area contributed by atoms with Crippen molar-refractivity contribution in [1.29, 1.82) is 5.26 Å². The minimum Gasteiger partial charge on any atom is -0.300 e. The van der Waals surface area contributed by atoms with E-state index in [1.165, 1.54) is 25.8 Å². The van der Waals surface area contributed by atoms with E-state index >= 15 is 0 Å². The molecule has 0 spiro atoms. The van der Waals surface area contributed by atoms with E-state index in [9.17, 15) is 0 Å².